The maximum Gasteiger partial charge on any atom is 0.309 e. The van der Waals surface area contributed by atoms with E-state index in [0.29, 0.717) is 5.57 Å². The number of ether oxygens (including phenoxy) is 7. The summed E-state index contributed by atoms with van der Waals surface area (Å²) in [7, 11) is 0. The largest absolute Gasteiger partial charge is 0.462 e. The zero-order valence-electron chi connectivity index (χ0n) is 23.8. The monoisotopic (exact) mass is 622 g/mol. The van der Waals surface area contributed by atoms with Gasteiger partial charge in [0.15, 0.2) is 12.6 Å². The van der Waals surface area contributed by atoms with Crippen LogP contribution in [0.2, 0.25) is 0 Å². The smallest absolute Gasteiger partial charge is 0.309 e. The lowest BCUT2D eigenvalue weighted by molar-refractivity contribution is -0.318. The Labute approximate surface area is 247 Å². The average Bonchev–Trinajstić information content (AvgIpc) is 3.72. The molecule has 4 aliphatic heterocycles. The summed E-state index contributed by atoms with van der Waals surface area (Å²) < 4.78 is 39.3. The van der Waals surface area contributed by atoms with E-state index < -0.39 is 110 Å². The summed E-state index contributed by atoms with van der Waals surface area (Å²) in [6.07, 6.45) is -13.3. The van der Waals surface area contributed by atoms with Crippen LogP contribution in [-0.4, -0.2) is 153 Å². The van der Waals surface area contributed by atoms with Crippen LogP contribution in [0, 0.1) is 17.8 Å². The van der Waals surface area contributed by atoms with Gasteiger partial charge in [-0.25, -0.2) is 0 Å². The van der Waals surface area contributed by atoms with Crippen molar-refractivity contribution in [2.45, 2.75) is 106 Å². The molecule has 4 heterocycles. The molecule has 0 radical (unpaired) electrons. The number of aliphatic hydroxyl groups excluding tert-OH is 7. The van der Waals surface area contributed by atoms with E-state index in [1.165, 1.54) is 6.26 Å². The van der Waals surface area contributed by atoms with Crippen LogP contribution in [0.25, 0.3) is 0 Å². The minimum Gasteiger partial charge on any atom is -0.462 e. The Morgan fingerprint density at radius 3 is 2.37 bits per heavy atom. The van der Waals surface area contributed by atoms with Gasteiger partial charge in [0.05, 0.1) is 56.9 Å². The molecular weight excluding hydrogens is 580 g/mol. The van der Waals surface area contributed by atoms with Gasteiger partial charge in [-0.05, 0) is 11.5 Å². The van der Waals surface area contributed by atoms with Crippen LogP contribution in [0.1, 0.15) is 26.7 Å². The predicted octanol–water partition coefficient (Wildman–Crippen LogP) is -3.78. The Morgan fingerprint density at radius 1 is 0.977 bits per heavy atom. The first-order valence-corrected chi connectivity index (χ1v) is 14.5. The molecule has 5 aliphatic rings. The molecule has 3 saturated heterocycles. The van der Waals surface area contributed by atoms with Crippen molar-refractivity contribution in [1.29, 1.82) is 0 Å². The lowest BCUT2D eigenvalue weighted by Crippen LogP contribution is -2.59. The highest BCUT2D eigenvalue weighted by Crippen LogP contribution is 2.58. The molecule has 16 nitrogen and oxygen atoms in total. The van der Waals surface area contributed by atoms with Gasteiger partial charge in [0, 0.05) is 18.8 Å². The van der Waals surface area contributed by atoms with Gasteiger partial charge in [0.2, 0.25) is 6.29 Å². The molecule has 8 N–H and O–H groups in total. The van der Waals surface area contributed by atoms with Gasteiger partial charge >= 0.3 is 5.97 Å². The Kier molecular flexibility index (Phi) is 10.00. The predicted molar refractivity (Wildman–Crippen MR) is 137 cm³/mol. The Balaban J connectivity index is 1.21. The molecule has 1 saturated carbocycles. The number of esters is 1. The molecule has 5 rings (SSSR count). The van der Waals surface area contributed by atoms with E-state index in [4.69, 9.17) is 33.2 Å². The first-order chi connectivity index (χ1) is 20.4. The molecule has 0 aromatic rings. The van der Waals surface area contributed by atoms with Gasteiger partial charge < -0.3 is 74.0 Å². The summed E-state index contributed by atoms with van der Waals surface area (Å²) in [6.45, 7) is 1.96. The standard InChI is InChI=1S/C27H42O16/c1-10(2)3-15(31)42-24-17-16(22-23(43-22)27(17,36)9-29)11(6-37-24)7-38-25-18(32)13(30)4-12(40-25)8-39-26-21(35)20(34)19(33)14(5-28)41-26/h6,10,12-14,16-26,28-30,32-36H,3-5,7-9H2,1-2H3. The summed E-state index contributed by atoms with van der Waals surface area (Å²) in [5.41, 5.74) is -1.25. The second-order valence-corrected chi connectivity index (χ2v) is 12.3. The van der Waals surface area contributed by atoms with Gasteiger partial charge in [0.25, 0.3) is 0 Å². The highest BCUT2D eigenvalue weighted by Gasteiger charge is 2.74. The molecule has 0 aromatic heterocycles. The van der Waals surface area contributed by atoms with Crippen LogP contribution >= 0.6 is 0 Å². The van der Waals surface area contributed by atoms with Crippen molar-refractivity contribution in [3.05, 3.63) is 11.8 Å². The second kappa shape index (κ2) is 13.1. The third kappa shape index (κ3) is 6.44. The zero-order chi connectivity index (χ0) is 31.2. The number of fused-ring (bicyclic) bond motifs is 3. The fourth-order valence-electron chi connectivity index (χ4n) is 6.35. The molecule has 246 valence electrons. The van der Waals surface area contributed by atoms with E-state index in [1.54, 1.807) is 0 Å². The van der Waals surface area contributed by atoms with Crippen LogP contribution in [-0.2, 0) is 38.0 Å². The fourth-order valence-corrected chi connectivity index (χ4v) is 6.35. The lowest BCUT2D eigenvalue weighted by Gasteiger charge is -2.42. The number of epoxide rings is 1. The normalized spacial score (nSPS) is 47.4. The topological polar surface area (TPSA) is 247 Å². The lowest BCUT2D eigenvalue weighted by atomic mass is 9.79. The van der Waals surface area contributed by atoms with Crippen LogP contribution in [0.15, 0.2) is 11.8 Å². The SMILES string of the molecule is CC(C)CC(=O)OC1OC=C(COC2OC(COC3OC(CO)C(O)C(O)C3O)CC(O)C2O)C2C3OC3C(O)(CO)C12. The first-order valence-electron chi connectivity index (χ1n) is 14.5. The van der Waals surface area contributed by atoms with Crippen molar-refractivity contribution in [2.24, 2.45) is 17.8 Å². The maximum absolute atomic E-state index is 12.4. The molecule has 15 atom stereocenters. The van der Waals surface area contributed by atoms with Crippen molar-refractivity contribution in [1.82, 2.24) is 0 Å². The number of carbonyl (C=O) groups is 1. The first kappa shape index (κ1) is 32.9. The van der Waals surface area contributed by atoms with Crippen molar-refractivity contribution in [3.8, 4) is 0 Å². The van der Waals surface area contributed by atoms with Crippen LogP contribution in [0.5, 0.6) is 0 Å². The molecule has 0 spiro atoms. The average molecular weight is 623 g/mol. The summed E-state index contributed by atoms with van der Waals surface area (Å²) in [6, 6.07) is 0. The number of rotatable bonds is 11. The third-order valence-corrected chi connectivity index (χ3v) is 8.70. The summed E-state index contributed by atoms with van der Waals surface area (Å²) in [5, 5.41) is 81.8. The zero-order valence-corrected chi connectivity index (χ0v) is 23.8. The molecule has 0 aromatic carbocycles. The van der Waals surface area contributed by atoms with Crippen LogP contribution in [0.3, 0.4) is 0 Å². The molecular formula is C27H42O16. The summed E-state index contributed by atoms with van der Waals surface area (Å²) in [4.78, 5) is 12.4. The Bertz CT molecular complexity index is 1010. The third-order valence-electron chi connectivity index (χ3n) is 8.70. The second-order valence-electron chi connectivity index (χ2n) is 12.3. The van der Waals surface area contributed by atoms with E-state index in [-0.39, 0.29) is 32.0 Å². The van der Waals surface area contributed by atoms with Gasteiger partial charge in [-0.15, -0.1) is 0 Å². The van der Waals surface area contributed by atoms with E-state index in [2.05, 4.69) is 0 Å². The molecule has 4 fully saturated rings. The molecule has 1 aliphatic carbocycles. The van der Waals surface area contributed by atoms with Gasteiger partial charge in [-0.2, -0.15) is 0 Å². The maximum atomic E-state index is 12.4. The van der Waals surface area contributed by atoms with E-state index >= 15 is 0 Å². The number of hydrogen-bond donors (Lipinski definition) is 8. The number of hydrogen-bond acceptors (Lipinski definition) is 16. The molecule has 0 bridgehead atoms. The molecule has 16 heteroatoms. The van der Waals surface area contributed by atoms with Crippen molar-refractivity contribution in [2.75, 3.05) is 26.4 Å². The van der Waals surface area contributed by atoms with Crippen molar-refractivity contribution in [3.63, 3.8) is 0 Å². The summed E-state index contributed by atoms with van der Waals surface area (Å²) in [5.74, 6) is -1.89. The minimum absolute atomic E-state index is 0.0344. The highest BCUT2D eigenvalue weighted by molar-refractivity contribution is 5.69. The van der Waals surface area contributed by atoms with E-state index in [9.17, 15) is 45.6 Å². The quantitative estimate of drug-likeness (QED) is 0.0814. The van der Waals surface area contributed by atoms with Crippen LogP contribution < -0.4 is 0 Å². The van der Waals surface area contributed by atoms with Crippen LogP contribution in [0.4, 0.5) is 0 Å². The molecule has 15 unspecified atom stereocenters. The minimum atomic E-state index is -1.73. The Hall–Kier alpha value is -1.51. The number of aliphatic hydroxyl groups is 8. The van der Waals surface area contributed by atoms with Gasteiger partial charge in [-0.1, -0.05) is 13.8 Å². The highest BCUT2D eigenvalue weighted by atomic mass is 16.7. The van der Waals surface area contributed by atoms with Gasteiger partial charge in [-0.3, -0.25) is 4.79 Å². The van der Waals surface area contributed by atoms with Crippen molar-refractivity contribution >= 4 is 5.97 Å². The fraction of sp³-hybridized carbons (Fsp3) is 0.889. The van der Waals surface area contributed by atoms with Crippen molar-refractivity contribution < 1.29 is 78.8 Å². The molecule has 0 amide bonds. The van der Waals surface area contributed by atoms with Gasteiger partial charge in [0.1, 0.15) is 42.2 Å². The van der Waals surface area contributed by atoms with E-state index in [1.807, 2.05) is 13.8 Å². The number of carbonyl (C=O) groups excluding carboxylic acids is 1. The van der Waals surface area contributed by atoms with E-state index in [0.717, 1.165) is 0 Å². The summed E-state index contributed by atoms with van der Waals surface area (Å²) >= 11 is 0. The molecule has 43 heavy (non-hydrogen) atoms. The Morgan fingerprint density at radius 2 is 1.70 bits per heavy atom.